The van der Waals surface area contributed by atoms with Gasteiger partial charge in [0.1, 0.15) is 5.82 Å². The minimum Gasteiger partial charge on any atom is -0.342 e. The van der Waals surface area contributed by atoms with Crippen LogP contribution < -0.4 is 5.32 Å². The average molecular weight is 465 g/mol. The monoisotopic (exact) mass is 464 g/mol. The fraction of sp³-hybridized carbons (Fsp3) is 0.167. The van der Waals surface area contributed by atoms with E-state index in [1.165, 1.54) is 38.4 Å². The highest BCUT2D eigenvalue weighted by molar-refractivity contribution is 7.89. The summed E-state index contributed by atoms with van der Waals surface area (Å²) in [6.07, 6.45) is 0.539. The van der Waals surface area contributed by atoms with E-state index in [-0.39, 0.29) is 10.8 Å². The van der Waals surface area contributed by atoms with Gasteiger partial charge in [0.2, 0.25) is 0 Å². The Morgan fingerprint density at radius 1 is 1.03 bits per heavy atom. The Balaban J connectivity index is 1.59. The second-order valence-electron chi connectivity index (χ2n) is 7.48. The van der Waals surface area contributed by atoms with Gasteiger partial charge in [-0.1, -0.05) is 46.9 Å². The van der Waals surface area contributed by atoms with E-state index < -0.39 is 16.1 Å². The van der Waals surface area contributed by atoms with Crippen molar-refractivity contribution in [1.82, 2.24) is 19.8 Å². The van der Waals surface area contributed by atoms with E-state index in [9.17, 15) is 13.2 Å². The Morgan fingerprint density at radius 3 is 2.36 bits per heavy atom. The first kappa shape index (κ1) is 22.7. The summed E-state index contributed by atoms with van der Waals surface area (Å²) in [5.41, 5.74) is 3.09. The maximum atomic E-state index is 13.0. The molecule has 0 bridgehead atoms. The maximum Gasteiger partial charge on any atom is 0.264 e. The highest BCUT2D eigenvalue weighted by Crippen LogP contribution is 2.21. The van der Waals surface area contributed by atoms with Crippen LogP contribution in [0.15, 0.2) is 83.8 Å². The molecular weight excluding hydrogens is 440 g/mol. The number of para-hydroxylation sites is 2. The number of carbonyl (C=O) groups is 1. The smallest absolute Gasteiger partial charge is 0.264 e. The van der Waals surface area contributed by atoms with Crippen LogP contribution in [0.1, 0.15) is 27.8 Å². The van der Waals surface area contributed by atoms with E-state index in [1.54, 1.807) is 0 Å². The van der Waals surface area contributed by atoms with E-state index in [2.05, 4.69) is 15.3 Å². The number of aromatic nitrogens is 2. The molecule has 1 heterocycles. The van der Waals surface area contributed by atoms with Crippen LogP contribution in [0, 0.1) is 0 Å². The van der Waals surface area contributed by atoms with Crippen LogP contribution in [0.4, 0.5) is 0 Å². The molecule has 0 unspecified atom stereocenters. The third kappa shape index (κ3) is 4.95. The number of rotatable bonds is 8. The van der Waals surface area contributed by atoms with Crippen LogP contribution in [0.5, 0.6) is 0 Å². The molecule has 0 aliphatic carbocycles. The largest absolute Gasteiger partial charge is 0.342 e. The number of benzene rings is 3. The van der Waals surface area contributed by atoms with Crippen molar-refractivity contribution in [2.45, 2.75) is 17.4 Å². The minimum atomic E-state index is -3.79. The molecule has 8 nitrogen and oxygen atoms in total. The Bertz CT molecular complexity index is 1320. The van der Waals surface area contributed by atoms with Gasteiger partial charge in [-0.05, 0) is 48.4 Å². The number of hydroxylamine groups is 1. The SMILES string of the molecule is CON(C)S(=O)(=O)c1ccc(C(=O)N[C@@H](Cc2ccccc2)c2nc3ccccc3[nH]2)cc1. The first-order chi connectivity index (χ1) is 15.9. The summed E-state index contributed by atoms with van der Waals surface area (Å²) in [5, 5.41) is 3.03. The van der Waals surface area contributed by atoms with Gasteiger partial charge in [0.05, 0.1) is 29.1 Å². The number of sulfonamides is 1. The number of hydrogen-bond donors (Lipinski definition) is 2. The van der Waals surface area contributed by atoms with Gasteiger partial charge in [-0.3, -0.25) is 9.63 Å². The molecule has 3 aromatic carbocycles. The van der Waals surface area contributed by atoms with Crippen molar-refractivity contribution in [3.8, 4) is 0 Å². The molecule has 4 aromatic rings. The Morgan fingerprint density at radius 2 is 1.70 bits per heavy atom. The molecule has 1 atom stereocenters. The second kappa shape index (κ2) is 9.53. The first-order valence-electron chi connectivity index (χ1n) is 10.3. The molecule has 0 aliphatic heterocycles. The zero-order chi connectivity index (χ0) is 23.4. The molecular formula is C24H24N4O4S. The number of imidazole rings is 1. The molecule has 0 radical (unpaired) electrons. The van der Waals surface area contributed by atoms with Crippen LogP contribution in [0.25, 0.3) is 11.0 Å². The van der Waals surface area contributed by atoms with Crippen molar-refractivity contribution in [3.05, 3.63) is 95.8 Å². The van der Waals surface area contributed by atoms with E-state index in [0.29, 0.717) is 17.8 Å². The summed E-state index contributed by atoms with van der Waals surface area (Å²) in [5.74, 6) is 0.315. The van der Waals surface area contributed by atoms with Crippen molar-refractivity contribution in [3.63, 3.8) is 0 Å². The van der Waals surface area contributed by atoms with Crippen LogP contribution in [0.2, 0.25) is 0 Å². The van der Waals surface area contributed by atoms with Crippen molar-refractivity contribution in [2.75, 3.05) is 14.2 Å². The van der Waals surface area contributed by atoms with Gasteiger partial charge in [-0.25, -0.2) is 13.4 Å². The number of hydrogen-bond acceptors (Lipinski definition) is 5. The van der Waals surface area contributed by atoms with Crippen molar-refractivity contribution in [1.29, 1.82) is 0 Å². The number of amides is 1. The predicted molar refractivity (Wildman–Crippen MR) is 125 cm³/mol. The molecule has 2 N–H and O–H groups in total. The van der Waals surface area contributed by atoms with E-state index >= 15 is 0 Å². The van der Waals surface area contributed by atoms with Gasteiger partial charge in [-0.2, -0.15) is 0 Å². The lowest BCUT2D eigenvalue weighted by molar-refractivity contribution is -0.0258. The van der Waals surface area contributed by atoms with Gasteiger partial charge in [0, 0.05) is 12.6 Å². The third-order valence-electron chi connectivity index (χ3n) is 5.34. The highest BCUT2D eigenvalue weighted by atomic mass is 32.2. The zero-order valence-corrected chi connectivity index (χ0v) is 19.0. The fourth-order valence-corrected chi connectivity index (χ4v) is 4.44. The Hall–Kier alpha value is -3.53. The number of carbonyl (C=O) groups excluding carboxylic acids is 1. The maximum absolute atomic E-state index is 13.0. The van der Waals surface area contributed by atoms with Crippen molar-refractivity contribution < 1.29 is 18.0 Å². The van der Waals surface area contributed by atoms with Gasteiger partial charge < -0.3 is 10.3 Å². The summed E-state index contributed by atoms with van der Waals surface area (Å²) in [4.78, 5) is 25.8. The summed E-state index contributed by atoms with van der Waals surface area (Å²) in [7, 11) is -1.22. The van der Waals surface area contributed by atoms with Crippen LogP contribution in [-0.2, 0) is 21.3 Å². The second-order valence-corrected chi connectivity index (χ2v) is 9.41. The molecule has 170 valence electrons. The topological polar surface area (TPSA) is 104 Å². The standard InChI is InChI=1S/C24H24N4O4S/c1-28(32-2)33(30,31)19-14-12-18(13-15-19)24(29)27-22(16-17-8-4-3-5-9-17)23-25-20-10-6-7-11-21(20)26-23/h3-15,22H,16H2,1-2H3,(H,25,26)(H,27,29)/t22-/m0/s1. The number of H-pyrrole nitrogens is 1. The van der Waals surface area contributed by atoms with Gasteiger partial charge >= 0.3 is 0 Å². The lowest BCUT2D eigenvalue weighted by atomic mass is 10.0. The first-order valence-corrected chi connectivity index (χ1v) is 11.7. The number of fused-ring (bicyclic) bond motifs is 1. The molecule has 4 rings (SSSR count). The highest BCUT2D eigenvalue weighted by Gasteiger charge is 2.23. The molecule has 33 heavy (non-hydrogen) atoms. The number of nitrogens with zero attached hydrogens (tertiary/aromatic N) is 2. The average Bonchev–Trinajstić information content (AvgIpc) is 3.28. The van der Waals surface area contributed by atoms with Crippen LogP contribution >= 0.6 is 0 Å². The minimum absolute atomic E-state index is 0.0292. The van der Waals surface area contributed by atoms with Crippen molar-refractivity contribution in [2.24, 2.45) is 0 Å². The van der Waals surface area contributed by atoms with E-state index in [1.807, 2.05) is 54.6 Å². The molecule has 0 spiro atoms. The Labute approximate surface area is 192 Å². The molecule has 0 aliphatic rings. The summed E-state index contributed by atoms with van der Waals surface area (Å²) in [6.45, 7) is 0. The van der Waals surface area contributed by atoms with Crippen molar-refractivity contribution >= 4 is 27.0 Å². The summed E-state index contributed by atoms with van der Waals surface area (Å²) < 4.78 is 25.5. The molecule has 1 amide bonds. The summed E-state index contributed by atoms with van der Waals surface area (Å²) >= 11 is 0. The molecule has 1 aromatic heterocycles. The summed E-state index contributed by atoms with van der Waals surface area (Å²) in [6, 6.07) is 22.8. The van der Waals surface area contributed by atoms with Gasteiger partial charge in [-0.15, -0.1) is 0 Å². The number of nitrogens with one attached hydrogen (secondary N) is 2. The van der Waals surface area contributed by atoms with E-state index in [4.69, 9.17) is 4.84 Å². The van der Waals surface area contributed by atoms with Gasteiger partial charge in [0.25, 0.3) is 15.9 Å². The molecule has 0 saturated heterocycles. The van der Waals surface area contributed by atoms with Crippen LogP contribution in [-0.4, -0.2) is 42.9 Å². The number of aromatic amines is 1. The lowest BCUT2D eigenvalue weighted by Gasteiger charge is -2.18. The Kier molecular flexibility index (Phi) is 6.55. The van der Waals surface area contributed by atoms with E-state index in [0.717, 1.165) is 21.1 Å². The van der Waals surface area contributed by atoms with Crippen LogP contribution in [0.3, 0.4) is 0 Å². The molecule has 0 saturated carbocycles. The third-order valence-corrected chi connectivity index (χ3v) is 7.03. The zero-order valence-electron chi connectivity index (χ0n) is 18.2. The van der Waals surface area contributed by atoms with Gasteiger partial charge in [0.15, 0.2) is 0 Å². The lowest BCUT2D eigenvalue weighted by Crippen LogP contribution is -2.31. The fourth-order valence-electron chi connectivity index (χ4n) is 3.47. The predicted octanol–water partition coefficient (Wildman–Crippen LogP) is 3.46. The molecule has 0 fully saturated rings. The normalized spacial score (nSPS) is 12.7. The quantitative estimate of drug-likeness (QED) is 0.389. The molecule has 9 heteroatoms.